The van der Waals surface area contributed by atoms with Gasteiger partial charge in [0.2, 0.25) is 5.78 Å². The molecule has 0 saturated carbocycles. The van der Waals surface area contributed by atoms with Crippen molar-refractivity contribution in [2.45, 2.75) is 106 Å². The molecule has 2 aliphatic carbocycles. The molecule has 65 heavy (non-hydrogen) atoms. The summed E-state index contributed by atoms with van der Waals surface area (Å²) in [5, 5.41) is 32.5. The molecule has 0 bridgehead atoms. The Kier molecular flexibility index (Phi) is 15.8. The van der Waals surface area contributed by atoms with E-state index in [1.165, 1.54) is 19.3 Å². The summed E-state index contributed by atoms with van der Waals surface area (Å²) in [4.78, 5) is 49.9. The van der Waals surface area contributed by atoms with Gasteiger partial charge in [0.25, 0.3) is 0 Å². The van der Waals surface area contributed by atoms with Crippen LogP contribution in [-0.4, -0.2) is 149 Å². The van der Waals surface area contributed by atoms with Gasteiger partial charge in [-0.25, -0.2) is 4.79 Å². The van der Waals surface area contributed by atoms with Crippen molar-refractivity contribution in [1.29, 1.82) is 0 Å². The van der Waals surface area contributed by atoms with Crippen molar-refractivity contribution in [2.24, 2.45) is 0 Å². The molecule has 1 aromatic carbocycles. The fourth-order valence-corrected chi connectivity index (χ4v) is 10.5. The lowest BCUT2D eigenvalue weighted by atomic mass is 9.83. The second-order valence-electron chi connectivity index (χ2n) is 16.4. The first kappa shape index (κ1) is 48.6. The van der Waals surface area contributed by atoms with E-state index in [1.54, 1.807) is 32.6 Å². The van der Waals surface area contributed by atoms with Crippen LogP contribution in [0.2, 0.25) is 0 Å². The third-order valence-corrected chi connectivity index (χ3v) is 14.4. The maximum Gasteiger partial charge on any atom is 0.407 e. The highest BCUT2D eigenvalue weighted by Crippen LogP contribution is 2.46. The molecule has 4 aliphatic rings. The number of H-pyrrole nitrogens is 1. The number of methoxy groups -OCH3 is 2. The first-order chi connectivity index (χ1) is 31.2. The fourth-order valence-electron chi connectivity index (χ4n) is 8.87. The van der Waals surface area contributed by atoms with Crippen molar-refractivity contribution < 1.29 is 53.0 Å². The average Bonchev–Trinajstić information content (AvgIpc) is 3.67. The predicted molar refractivity (Wildman–Crippen MR) is 252 cm³/mol. The molecule has 18 heteroatoms. The van der Waals surface area contributed by atoms with Crippen molar-refractivity contribution in [3.8, 4) is 23.7 Å². The van der Waals surface area contributed by atoms with E-state index in [9.17, 15) is 19.8 Å². The Balaban J connectivity index is 1.35. The normalized spacial score (nSPS) is 32.0. The number of para-hydroxylation sites is 1. The molecule has 10 unspecified atom stereocenters. The first-order valence-corrected chi connectivity index (χ1v) is 25.1. The molecule has 1 amide bonds. The minimum Gasteiger partial charge on any atom is -0.453 e. The Morgan fingerprint density at radius 1 is 1.15 bits per heavy atom. The highest BCUT2D eigenvalue weighted by molar-refractivity contribution is 8.28. The van der Waals surface area contributed by atoms with Crippen molar-refractivity contribution in [3.05, 3.63) is 77.2 Å². The number of thioether (sulfide) groups is 1. The van der Waals surface area contributed by atoms with Crippen LogP contribution in [-0.2, 0) is 53.9 Å². The number of allylic oxidation sites excluding steroid dienone is 2. The molecule has 3 aromatic rings. The number of fused-ring (bicyclic) bond motifs is 3. The number of aromatic nitrogens is 2. The van der Waals surface area contributed by atoms with E-state index >= 15 is 4.79 Å². The van der Waals surface area contributed by atoms with E-state index in [4.69, 9.17) is 39.6 Å². The third-order valence-electron chi connectivity index (χ3n) is 11.9. The Morgan fingerprint density at radius 3 is 2.65 bits per heavy atom. The number of pyridine rings is 1. The lowest BCUT2D eigenvalue weighted by Crippen LogP contribution is -2.68. The van der Waals surface area contributed by atoms with Crippen LogP contribution in [0.5, 0.6) is 0 Å². The molecule has 2 fully saturated rings. The maximum absolute atomic E-state index is 15.3. The summed E-state index contributed by atoms with van der Waals surface area (Å²) >= 11 is 6.64. The number of carbonyl (C=O) groups excluding carboxylic acids is 3. The number of ether oxygens (including phenoxy) is 6. The second kappa shape index (κ2) is 21.1. The van der Waals surface area contributed by atoms with Crippen LogP contribution in [0.3, 0.4) is 0 Å². The van der Waals surface area contributed by atoms with Gasteiger partial charge in [-0.05, 0) is 49.3 Å². The number of benzene rings is 1. The highest BCUT2D eigenvalue weighted by Gasteiger charge is 2.61. The largest absolute Gasteiger partial charge is 0.453 e. The predicted octanol–water partition coefficient (Wildman–Crippen LogP) is 3.57. The number of aliphatic hydroxyl groups excluding tert-OH is 2. The number of aliphatic hydroxyl groups is 2. The minimum atomic E-state index is -1.73. The van der Waals surface area contributed by atoms with Crippen LogP contribution in [0.4, 0.5) is 4.79 Å². The molecular weight excluding hydrogens is 893 g/mol. The zero-order valence-corrected chi connectivity index (χ0v) is 39.6. The van der Waals surface area contributed by atoms with Crippen LogP contribution in [0.1, 0.15) is 44.1 Å². The van der Waals surface area contributed by atoms with Gasteiger partial charge in [0.05, 0.1) is 43.6 Å². The lowest BCUT2D eigenvalue weighted by molar-refractivity contribution is -0.322. The summed E-state index contributed by atoms with van der Waals surface area (Å²) in [6.45, 7) is 5.93. The number of carbonyl (C=O) groups is 3. The third kappa shape index (κ3) is 10.0. The molecule has 2 saturated heterocycles. The van der Waals surface area contributed by atoms with Gasteiger partial charge in [-0.2, -0.15) is 0 Å². The van der Waals surface area contributed by atoms with Crippen LogP contribution in [0, 0.1) is 23.7 Å². The second-order valence-corrected chi connectivity index (χ2v) is 20.6. The Bertz CT molecular complexity index is 2550. The molecule has 12 atom stereocenters. The first-order valence-electron chi connectivity index (χ1n) is 21.2. The van der Waals surface area contributed by atoms with Crippen molar-refractivity contribution in [3.63, 3.8) is 0 Å². The highest BCUT2D eigenvalue weighted by atomic mass is 32.8. The molecule has 2 aliphatic heterocycles. The van der Waals surface area contributed by atoms with Crippen LogP contribution < -0.4 is 10.6 Å². The number of nitrogens with one attached hydrogen (secondary N) is 3. The van der Waals surface area contributed by atoms with E-state index in [1.807, 2.05) is 50.4 Å². The fraction of sp³-hybridized carbons (Fsp3) is 0.489. The van der Waals surface area contributed by atoms with Gasteiger partial charge < -0.3 is 54.3 Å². The number of nitrogens with zero attached hydrogens (tertiary/aromatic N) is 1. The number of amides is 1. The standard InChI is InChI=1S/C47H54N4O11S3/c1-25(2)49-32-24-59-37(23-36(32)57-4)62-42-44(55)47(64-6,43(54)41-40-28(18-20-48-41)27-14-12-13-16-31(27)50-40)26(3)60-45(42)61-35-17-11-9-8-10-15-30-38(35)29(19-21-65(7)63)33(52)22-34(53)39(30)51-46(56)58-5/h8-9,12-14,16,18-20,25-26,32-33,35-37,39,42,44-45,49-50,52,55H,21-24H2,1-7H3,(H,51,56)/b9-8-,29-19-/t26?,32?,33-,35-,36?,37?,39?,42?,44?,45?,47?,65?/m0/s1. The van der Waals surface area contributed by atoms with Crippen LogP contribution in [0.15, 0.2) is 71.5 Å². The summed E-state index contributed by atoms with van der Waals surface area (Å²) in [5.41, 5.74) is 1.99. The van der Waals surface area contributed by atoms with E-state index in [0.717, 1.165) is 28.1 Å². The number of hydrogen-bond acceptors (Lipinski definition) is 15. The summed E-state index contributed by atoms with van der Waals surface area (Å²) in [6.07, 6.45) is -0.840. The lowest BCUT2D eigenvalue weighted by Gasteiger charge is -2.51. The number of Topliss-reactive ketones (excluding diaryl/α,β-unsaturated/α-hetero) is 2. The van der Waals surface area contributed by atoms with Gasteiger partial charge in [-0.3, -0.25) is 14.6 Å². The molecule has 346 valence electrons. The zero-order chi connectivity index (χ0) is 46.6. The van der Waals surface area contributed by atoms with Gasteiger partial charge in [0, 0.05) is 65.4 Å². The van der Waals surface area contributed by atoms with Crippen molar-refractivity contribution in [1.82, 2.24) is 20.6 Å². The molecule has 2 aromatic heterocycles. The summed E-state index contributed by atoms with van der Waals surface area (Å²) in [5.74, 6) is 11.3. The van der Waals surface area contributed by atoms with E-state index in [-0.39, 0.29) is 60.0 Å². The summed E-state index contributed by atoms with van der Waals surface area (Å²) in [6, 6.07) is 8.12. The zero-order valence-electron chi connectivity index (χ0n) is 37.1. The van der Waals surface area contributed by atoms with E-state index in [0.29, 0.717) is 11.3 Å². The Morgan fingerprint density at radius 2 is 1.92 bits per heavy atom. The summed E-state index contributed by atoms with van der Waals surface area (Å²) < 4.78 is 35.8. The summed E-state index contributed by atoms with van der Waals surface area (Å²) in [7, 11) is 2.22. The Hall–Kier alpha value is -4.28. The average molecular weight is 947 g/mol. The van der Waals surface area contributed by atoms with E-state index < -0.39 is 81.0 Å². The Labute approximate surface area is 389 Å². The van der Waals surface area contributed by atoms with Gasteiger partial charge in [0.15, 0.2) is 18.4 Å². The van der Waals surface area contributed by atoms with Crippen molar-refractivity contribution in [2.75, 3.05) is 39.1 Å². The SMILES string of the molecule is COC(=O)NC1C(=O)C[C@H](O)/C(=C/CS(C)=S)C2=C1C#C/C=C\C#C[C@@H]2OC1OC(C)C(SC)(C(=O)c2nccc3c2[nH]c2ccccc23)C(O)C1OC1CC(OC)C(NC(C)C)CO1. The number of aromatic amines is 1. The molecule has 5 N–H and O–H groups in total. The van der Waals surface area contributed by atoms with Crippen LogP contribution >= 0.6 is 11.8 Å². The molecular formula is C47H54N4O11S3. The number of rotatable bonds is 13. The van der Waals surface area contributed by atoms with Gasteiger partial charge in [-0.15, -0.1) is 21.2 Å². The number of alkyl carbamates (subject to hydrolysis) is 1. The number of hydrogen-bond donors (Lipinski definition) is 5. The number of ketones is 2. The maximum atomic E-state index is 15.3. The van der Waals surface area contributed by atoms with Gasteiger partial charge in [-0.1, -0.05) is 73.0 Å². The molecule has 4 heterocycles. The molecule has 0 radical (unpaired) electrons. The van der Waals surface area contributed by atoms with Crippen LogP contribution in [0.25, 0.3) is 21.8 Å². The minimum absolute atomic E-state index is 0.102. The van der Waals surface area contributed by atoms with Gasteiger partial charge >= 0.3 is 6.09 Å². The van der Waals surface area contributed by atoms with Gasteiger partial charge in [0.1, 0.15) is 34.8 Å². The van der Waals surface area contributed by atoms with Crippen molar-refractivity contribution >= 4 is 71.9 Å². The molecule has 7 rings (SSSR count). The smallest absolute Gasteiger partial charge is 0.407 e. The molecule has 0 spiro atoms. The molecule has 15 nitrogen and oxygen atoms in total. The topological polar surface area (TPSA) is 200 Å². The quantitative estimate of drug-likeness (QED) is 0.123. The van der Waals surface area contributed by atoms with E-state index in [2.05, 4.69) is 44.3 Å². The monoisotopic (exact) mass is 946 g/mol.